The van der Waals surface area contributed by atoms with Gasteiger partial charge in [-0.25, -0.2) is 9.97 Å². The summed E-state index contributed by atoms with van der Waals surface area (Å²) in [6, 6.07) is 14.1. The topological polar surface area (TPSA) is 55.0 Å². The summed E-state index contributed by atoms with van der Waals surface area (Å²) in [5.41, 5.74) is 10.2. The second-order valence-corrected chi connectivity index (χ2v) is 5.11. The van der Waals surface area contributed by atoms with Crippen LogP contribution in [0, 0.1) is 0 Å². The molecule has 98 valence electrons. The number of fused-ring (bicyclic) bond motifs is 2. The maximum absolute atomic E-state index is 5.84. The molecule has 20 heavy (non-hydrogen) atoms. The van der Waals surface area contributed by atoms with Crippen LogP contribution >= 0.6 is 0 Å². The van der Waals surface area contributed by atoms with Gasteiger partial charge in [-0.2, -0.15) is 0 Å². The Bertz CT molecular complexity index is 797. The Morgan fingerprint density at radius 3 is 2.80 bits per heavy atom. The van der Waals surface area contributed by atoms with E-state index in [-0.39, 0.29) is 0 Å². The molecule has 1 aliphatic rings. The Morgan fingerprint density at radius 2 is 1.85 bits per heavy atom. The van der Waals surface area contributed by atoms with Crippen LogP contribution in [-0.2, 0) is 13.1 Å². The average Bonchev–Trinajstić information content (AvgIpc) is 2.89. The zero-order valence-electron chi connectivity index (χ0n) is 11.0. The SMILES string of the molecule is Nc1ccc2c(c1)CN(c1ncc3ccccc3n1)C2. The van der Waals surface area contributed by atoms with E-state index in [2.05, 4.69) is 20.9 Å². The minimum atomic E-state index is 0.776. The van der Waals surface area contributed by atoms with Gasteiger partial charge in [0, 0.05) is 30.4 Å². The molecule has 0 aliphatic carbocycles. The summed E-state index contributed by atoms with van der Waals surface area (Å²) >= 11 is 0. The number of anilines is 2. The van der Waals surface area contributed by atoms with Crippen molar-refractivity contribution in [3.8, 4) is 0 Å². The number of aromatic nitrogens is 2. The van der Waals surface area contributed by atoms with E-state index in [1.54, 1.807) is 0 Å². The first-order valence-electron chi connectivity index (χ1n) is 6.63. The maximum atomic E-state index is 5.84. The molecule has 4 nitrogen and oxygen atoms in total. The van der Waals surface area contributed by atoms with Gasteiger partial charge in [-0.05, 0) is 29.3 Å². The van der Waals surface area contributed by atoms with Crippen LogP contribution in [0.25, 0.3) is 10.9 Å². The van der Waals surface area contributed by atoms with Crippen LogP contribution in [0.4, 0.5) is 11.6 Å². The van der Waals surface area contributed by atoms with Crippen molar-refractivity contribution in [3.63, 3.8) is 0 Å². The fraction of sp³-hybridized carbons (Fsp3) is 0.125. The first kappa shape index (κ1) is 11.2. The number of para-hydroxylation sites is 1. The second kappa shape index (κ2) is 4.20. The number of benzene rings is 2. The molecule has 0 saturated heterocycles. The first-order valence-corrected chi connectivity index (χ1v) is 6.63. The van der Waals surface area contributed by atoms with Crippen LogP contribution in [-0.4, -0.2) is 9.97 Å². The average molecular weight is 262 g/mol. The monoisotopic (exact) mass is 262 g/mol. The third kappa shape index (κ3) is 1.77. The fourth-order valence-corrected chi connectivity index (χ4v) is 2.67. The molecular weight excluding hydrogens is 248 g/mol. The molecule has 2 N–H and O–H groups in total. The van der Waals surface area contributed by atoms with Gasteiger partial charge in [0.15, 0.2) is 0 Å². The lowest BCUT2D eigenvalue weighted by Gasteiger charge is -2.15. The van der Waals surface area contributed by atoms with Crippen LogP contribution in [0.3, 0.4) is 0 Å². The predicted molar refractivity (Wildman–Crippen MR) is 80.3 cm³/mol. The minimum absolute atomic E-state index is 0.776. The largest absolute Gasteiger partial charge is 0.399 e. The van der Waals surface area contributed by atoms with E-state index in [1.165, 1.54) is 11.1 Å². The van der Waals surface area contributed by atoms with Gasteiger partial charge in [-0.1, -0.05) is 24.3 Å². The maximum Gasteiger partial charge on any atom is 0.226 e. The third-order valence-corrected chi connectivity index (χ3v) is 3.71. The van der Waals surface area contributed by atoms with E-state index >= 15 is 0 Å². The number of hydrogen-bond donors (Lipinski definition) is 1. The second-order valence-electron chi connectivity index (χ2n) is 5.11. The zero-order chi connectivity index (χ0) is 13.5. The van der Waals surface area contributed by atoms with Crippen molar-refractivity contribution in [1.29, 1.82) is 0 Å². The van der Waals surface area contributed by atoms with Gasteiger partial charge in [0.05, 0.1) is 5.52 Å². The molecule has 0 saturated carbocycles. The van der Waals surface area contributed by atoms with Crippen molar-refractivity contribution in [2.24, 2.45) is 0 Å². The summed E-state index contributed by atoms with van der Waals surface area (Å²) in [6.07, 6.45) is 1.88. The van der Waals surface area contributed by atoms with E-state index in [4.69, 9.17) is 5.73 Å². The number of nitrogens with zero attached hydrogens (tertiary/aromatic N) is 3. The van der Waals surface area contributed by atoms with Gasteiger partial charge in [-0.3, -0.25) is 0 Å². The van der Waals surface area contributed by atoms with Crippen molar-refractivity contribution in [1.82, 2.24) is 9.97 Å². The minimum Gasteiger partial charge on any atom is -0.399 e. The number of nitrogen functional groups attached to an aromatic ring is 1. The van der Waals surface area contributed by atoms with Gasteiger partial charge in [0.1, 0.15) is 0 Å². The Morgan fingerprint density at radius 1 is 1.00 bits per heavy atom. The molecule has 0 bridgehead atoms. The lowest BCUT2D eigenvalue weighted by atomic mass is 10.1. The van der Waals surface area contributed by atoms with Crippen molar-refractivity contribution < 1.29 is 0 Å². The Balaban J connectivity index is 1.71. The number of hydrogen-bond acceptors (Lipinski definition) is 4. The molecule has 0 fully saturated rings. The van der Waals surface area contributed by atoms with Crippen LogP contribution in [0.15, 0.2) is 48.7 Å². The predicted octanol–water partition coefficient (Wildman–Crippen LogP) is 2.73. The third-order valence-electron chi connectivity index (χ3n) is 3.71. The summed E-state index contributed by atoms with van der Waals surface area (Å²) in [4.78, 5) is 11.3. The normalized spacial score (nSPS) is 13.7. The van der Waals surface area contributed by atoms with Crippen molar-refractivity contribution in [3.05, 3.63) is 59.8 Å². The fourth-order valence-electron chi connectivity index (χ4n) is 2.67. The highest BCUT2D eigenvalue weighted by Gasteiger charge is 2.21. The summed E-state index contributed by atoms with van der Waals surface area (Å²) in [5.74, 6) is 0.776. The highest BCUT2D eigenvalue weighted by atomic mass is 15.3. The molecular formula is C16H14N4. The smallest absolute Gasteiger partial charge is 0.226 e. The standard InChI is InChI=1S/C16H14N4/c17-14-6-5-12-9-20(10-13(12)7-14)16-18-8-11-3-1-2-4-15(11)19-16/h1-8H,9-10,17H2. The van der Waals surface area contributed by atoms with Crippen LogP contribution in [0.2, 0.25) is 0 Å². The van der Waals surface area contributed by atoms with Crippen LogP contribution in [0.1, 0.15) is 11.1 Å². The summed E-state index contributed by atoms with van der Waals surface area (Å²) < 4.78 is 0. The molecule has 0 unspecified atom stereocenters. The Kier molecular flexibility index (Phi) is 2.36. The lowest BCUT2D eigenvalue weighted by Crippen LogP contribution is -2.17. The number of nitrogens with two attached hydrogens (primary N) is 1. The molecule has 2 heterocycles. The number of rotatable bonds is 1. The molecule has 0 spiro atoms. The summed E-state index contributed by atoms with van der Waals surface area (Å²) in [5, 5.41) is 1.07. The van der Waals surface area contributed by atoms with Crippen LogP contribution < -0.4 is 10.6 Å². The van der Waals surface area contributed by atoms with Crippen molar-refractivity contribution >= 4 is 22.5 Å². The van der Waals surface area contributed by atoms with E-state index in [0.717, 1.165) is 35.6 Å². The molecule has 2 aromatic carbocycles. The van der Waals surface area contributed by atoms with Gasteiger partial charge < -0.3 is 10.6 Å². The van der Waals surface area contributed by atoms with E-state index < -0.39 is 0 Å². The van der Waals surface area contributed by atoms with E-state index in [1.807, 2.05) is 42.6 Å². The van der Waals surface area contributed by atoms with Gasteiger partial charge in [-0.15, -0.1) is 0 Å². The lowest BCUT2D eigenvalue weighted by molar-refractivity contribution is 0.834. The first-order chi connectivity index (χ1) is 9.79. The highest BCUT2D eigenvalue weighted by Crippen LogP contribution is 2.28. The quantitative estimate of drug-likeness (QED) is 0.685. The van der Waals surface area contributed by atoms with E-state index in [0.29, 0.717) is 0 Å². The molecule has 4 rings (SSSR count). The molecule has 1 aliphatic heterocycles. The highest BCUT2D eigenvalue weighted by molar-refractivity contribution is 5.78. The summed E-state index contributed by atoms with van der Waals surface area (Å²) in [7, 11) is 0. The van der Waals surface area contributed by atoms with Gasteiger partial charge in [0.25, 0.3) is 0 Å². The Hall–Kier alpha value is -2.62. The zero-order valence-corrected chi connectivity index (χ0v) is 11.0. The molecule has 1 aromatic heterocycles. The molecule has 3 aromatic rings. The molecule has 0 atom stereocenters. The molecule has 0 radical (unpaired) electrons. The molecule has 4 heteroatoms. The van der Waals surface area contributed by atoms with Crippen LogP contribution in [0.5, 0.6) is 0 Å². The van der Waals surface area contributed by atoms with Gasteiger partial charge >= 0.3 is 0 Å². The van der Waals surface area contributed by atoms with E-state index in [9.17, 15) is 0 Å². The van der Waals surface area contributed by atoms with Crippen molar-refractivity contribution in [2.45, 2.75) is 13.1 Å². The van der Waals surface area contributed by atoms with Gasteiger partial charge in [0.2, 0.25) is 5.95 Å². The summed E-state index contributed by atoms with van der Waals surface area (Å²) in [6.45, 7) is 1.66. The molecule has 0 amide bonds. The Labute approximate surface area is 116 Å². The van der Waals surface area contributed by atoms with Crippen molar-refractivity contribution in [2.75, 3.05) is 10.6 Å².